The molecule has 1 aliphatic carbocycles. The van der Waals surface area contributed by atoms with Crippen LogP contribution in [0.3, 0.4) is 0 Å². The molecule has 2 aromatic rings. The van der Waals surface area contributed by atoms with E-state index in [0.29, 0.717) is 45.5 Å². The Morgan fingerprint density at radius 1 is 1.13 bits per heavy atom. The number of nitrogens with two attached hydrogens (primary N) is 1. The summed E-state index contributed by atoms with van der Waals surface area (Å²) in [6.45, 7) is 4.00. The molecule has 1 heterocycles. The van der Waals surface area contributed by atoms with Crippen molar-refractivity contribution in [3.63, 3.8) is 0 Å². The lowest BCUT2D eigenvalue weighted by atomic mass is 9.74. The highest BCUT2D eigenvalue weighted by Crippen LogP contribution is 2.48. The highest BCUT2D eigenvalue weighted by Gasteiger charge is 2.41. The lowest BCUT2D eigenvalue weighted by molar-refractivity contribution is -0.116. The predicted octanol–water partition coefficient (Wildman–Crippen LogP) is 5.92. The van der Waals surface area contributed by atoms with Crippen LogP contribution >= 0.6 is 23.2 Å². The van der Waals surface area contributed by atoms with E-state index < -0.39 is 5.92 Å². The summed E-state index contributed by atoms with van der Waals surface area (Å²) in [7, 11) is 0. The van der Waals surface area contributed by atoms with E-state index in [1.807, 2.05) is 32.0 Å². The van der Waals surface area contributed by atoms with Gasteiger partial charge in [-0.15, -0.1) is 0 Å². The van der Waals surface area contributed by atoms with Crippen molar-refractivity contribution >= 4 is 34.7 Å². The maximum Gasteiger partial charge on any atom is 0.161 e. The number of carbonyl (C=O) groups excluding carboxylic acids is 1. The molecule has 152 valence electrons. The molecule has 1 unspecified atom stereocenters. The van der Waals surface area contributed by atoms with E-state index in [0.717, 1.165) is 28.8 Å². The largest absolute Gasteiger partial charge is 0.384 e. The second-order valence-corrected chi connectivity index (χ2v) is 8.62. The minimum atomic E-state index is -0.472. The molecule has 2 aliphatic rings. The number of Topliss-reactive ketones (excluding diaryl/α,β-unsaturated/α-hetero) is 1. The van der Waals surface area contributed by atoms with E-state index >= 15 is 0 Å². The Bertz CT molecular complexity index is 1170. The second kappa shape index (κ2) is 7.83. The summed E-state index contributed by atoms with van der Waals surface area (Å²) in [5.74, 6) is -0.112. The summed E-state index contributed by atoms with van der Waals surface area (Å²) in [6.07, 6.45) is 1.87. The highest BCUT2D eigenvalue weighted by molar-refractivity contribution is 6.36. The predicted molar refractivity (Wildman–Crippen MR) is 120 cm³/mol. The minimum Gasteiger partial charge on any atom is -0.384 e. The van der Waals surface area contributed by atoms with Gasteiger partial charge in [0, 0.05) is 22.7 Å². The van der Waals surface area contributed by atoms with Crippen molar-refractivity contribution in [3.8, 4) is 6.07 Å². The quantitative estimate of drug-likeness (QED) is 0.633. The van der Waals surface area contributed by atoms with Crippen LogP contribution < -0.4 is 10.6 Å². The number of hydrogen-bond donors (Lipinski definition) is 1. The van der Waals surface area contributed by atoms with Crippen LogP contribution in [0.2, 0.25) is 10.0 Å². The van der Waals surface area contributed by atoms with Crippen LogP contribution in [0.4, 0.5) is 5.69 Å². The van der Waals surface area contributed by atoms with Crippen molar-refractivity contribution in [2.75, 3.05) is 4.90 Å². The van der Waals surface area contributed by atoms with Gasteiger partial charge in [0.15, 0.2) is 5.78 Å². The van der Waals surface area contributed by atoms with Crippen LogP contribution in [0.1, 0.15) is 41.9 Å². The van der Waals surface area contributed by atoms with Crippen molar-refractivity contribution in [2.24, 2.45) is 5.73 Å². The Morgan fingerprint density at radius 2 is 1.90 bits per heavy atom. The summed E-state index contributed by atoms with van der Waals surface area (Å²) in [5.41, 5.74) is 12.1. The first-order valence-corrected chi connectivity index (χ1v) is 10.6. The van der Waals surface area contributed by atoms with E-state index in [2.05, 4.69) is 6.07 Å². The molecule has 0 saturated carbocycles. The molecular weight excluding hydrogens is 417 g/mol. The number of halogens is 2. The number of anilines is 1. The number of hydrogen-bond acceptors (Lipinski definition) is 4. The van der Waals surface area contributed by atoms with E-state index in [-0.39, 0.29) is 5.78 Å². The molecule has 0 aromatic heterocycles. The van der Waals surface area contributed by atoms with Crippen LogP contribution in [0, 0.1) is 25.2 Å². The van der Waals surface area contributed by atoms with Gasteiger partial charge in [-0.1, -0.05) is 47.0 Å². The van der Waals surface area contributed by atoms with Gasteiger partial charge in [0.1, 0.15) is 5.82 Å². The molecule has 1 atom stereocenters. The molecule has 2 aromatic carbocycles. The monoisotopic (exact) mass is 437 g/mol. The maximum absolute atomic E-state index is 13.2. The number of rotatable bonds is 2. The van der Waals surface area contributed by atoms with E-state index in [4.69, 9.17) is 28.9 Å². The standard InChI is InChI=1S/C24H21Cl2N3O/c1-13-6-7-14(2)16(10-13)22-17(12-27)24(28)29(19-9-8-15(25)11-18(19)26)20-4-3-5-21(30)23(20)22/h6-11,22H,3-5,28H2,1-2H3. The maximum atomic E-state index is 13.2. The van der Waals surface area contributed by atoms with Crippen LogP contribution in [0.5, 0.6) is 0 Å². The molecular formula is C24H21Cl2N3O. The van der Waals surface area contributed by atoms with Crippen molar-refractivity contribution in [2.45, 2.75) is 39.0 Å². The van der Waals surface area contributed by atoms with Crippen LogP contribution in [-0.2, 0) is 4.79 Å². The average Bonchev–Trinajstić information content (AvgIpc) is 2.70. The molecule has 0 spiro atoms. The molecule has 4 rings (SSSR count). The summed E-state index contributed by atoms with van der Waals surface area (Å²) < 4.78 is 0. The van der Waals surface area contributed by atoms with Crippen molar-refractivity contribution in [3.05, 3.63) is 85.8 Å². The van der Waals surface area contributed by atoms with Gasteiger partial charge in [-0.3, -0.25) is 9.69 Å². The normalized spacial score (nSPS) is 19.1. The molecule has 30 heavy (non-hydrogen) atoms. The van der Waals surface area contributed by atoms with Crippen molar-refractivity contribution < 1.29 is 4.79 Å². The molecule has 6 heteroatoms. The smallest absolute Gasteiger partial charge is 0.161 e. The number of allylic oxidation sites excluding steroid dienone is 3. The van der Waals surface area contributed by atoms with Crippen LogP contribution in [-0.4, -0.2) is 5.78 Å². The Morgan fingerprint density at radius 3 is 2.60 bits per heavy atom. The van der Waals surface area contributed by atoms with E-state index in [1.54, 1.807) is 23.1 Å². The number of nitriles is 1. The van der Waals surface area contributed by atoms with Crippen molar-refractivity contribution in [1.82, 2.24) is 0 Å². The van der Waals surface area contributed by atoms with Gasteiger partial charge in [0.05, 0.1) is 28.3 Å². The first-order chi connectivity index (χ1) is 14.3. The number of carbonyl (C=O) groups is 1. The number of benzene rings is 2. The van der Waals surface area contributed by atoms with Gasteiger partial charge in [-0.2, -0.15) is 5.26 Å². The zero-order valence-electron chi connectivity index (χ0n) is 16.8. The topological polar surface area (TPSA) is 70.1 Å². The zero-order valence-corrected chi connectivity index (χ0v) is 18.3. The summed E-state index contributed by atoms with van der Waals surface area (Å²) >= 11 is 12.6. The molecule has 0 amide bonds. The SMILES string of the molecule is Cc1ccc(C)c(C2C(C#N)=C(N)N(c3ccc(Cl)cc3Cl)C3=C2C(=O)CCC3)c1. The summed E-state index contributed by atoms with van der Waals surface area (Å²) in [6, 6.07) is 13.5. The highest BCUT2D eigenvalue weighted by atomic mass is 35.5. The third-order valence-corrected chi connectivity index (χ3v) is 6.35. The Kier molecular flexibility index (Phi) is 5.36. The summed E-state index contributed by atoms with van der Waals surface area (Å²) in [5, 5.41) is 11.0. The first kappa shape index (κ1) is 20.5. The fraction of sp³-hybridized carbons (Fsp3) is 0.250. The fourth-order valence-corrected chi connectivity index (χ4v) is 4.90. The molecule has 2 N–H and O–H groups in total. The number of ketones is 1. The van der Waals surface area contributed by atoms with Crippen LogP contribution in [0.25, 0.3) is 0 Å². The summed E-state index contributed by atoms with van der Waals surface area (Å²) in [4.78, 5) is 15.0. The van der Waals surface area contributed by atoms with Gasteiger partial charge in [-0.25, -0.2) is 0 Å². The number of nitrogens with zero attached hydrogens (tertiary/aromatic N) is 2. The molecule has 0 saturated heterocycles. The number of aryl methyl sites for hydroxylation is 2. The average molecular weight is 438 g/mol. The Balaban J connectivity index is 2.02. The van der Waals surface area contributed by atoms with E-state index in [9.17, 15) is 10.1 Å². The Hall–Kier alpha value is -2.74. The van der Waals surface area contributed by atoms with Gasteiger partial charge in [0.2, 0.25) is 0 Å². The zero-order chi connectivity index (χ0) is 21.6. The molecule has 0 fully saturated rings. The lowest BCUT2D eigenvalue weighted by Gasteiger charge is -2.40. The lowest BCUT2D eigenvalue weighted by Crippen LogP contribution is -2.39. The third-order valence-electron chi connectivity index (χ3n) is 5.81. The molecule has 1 aliphatic heterocycles. The van der Waals surface area contributed by atoms with Crippen LogP contribution in [0.15, 0.2) is 59.1 Å². The van der Waals surface area contributed by atoms with Gasteiger partial charge >= 0.3 is 0 Å². The van der Waals surface area contributed by atoms with E-state index in [1.165, 1.54) is 0 Å². The molecule has 0 radical (unpaired) electrons. The molecule has 4 nitrogen and oxygen atoms in total. The second-order valence-electron chi connectivity index (χ2n) is 7.77. The fourth-order valence-electron chi connectivity index (χ4n) is 4.41. The van der Waals surface area contributed by atoms with Gasteiger partial charge < -0.3 is 5.73 Å². The first-order valence-electron chi connectivity index (χ1n) is 9.81. The van der Waals surface area contributed by atoms with Gasteiger partial charge in [-0.05, 0) is 56.0 Å². The Labute approximate surface area is 186 Å². The van der Waals surface area contributed by atoms with Crippen molar-refractivity contribution in [1.29, 1.82) is 5.26 Å². The molecule has 0 bridgehead atoms. The third kappa shape index (κ3) is 3.29. The minimum absolute atomic E-state index is 0.0532. The van der Waals surface area contributed by atoms with Gasteiger partial charge in [0.25, 0.3) is 0 Å².